The Labute approximate surface area is 104 Å². The van der Waals surface area contributed by atoms with Crippen LogP contribution in [0.1, 0.15) is 18.4 Å². The summed E-state index contributed by atoms with van der Waals surface area (Å²) in [5.41, 5.74) is 5.86. The van der Waals surface area contributed by atoms with Crippen molar-refractivity contribution in [2.75, 3.05) is 0 Å². The average molecular weight is 257 g/mol. The summed E-state index contributed by atoms with van der Waals surface area (Å²) in [7, 11) is 0. The molecule has 0 aromatic heterocycles. The molecule has 1 aliphatic rings. The molecule has 0 heterocycles. The van der Waals surface area contributed by atoms with Crippen LogP contribution in [0.25, 0.3) is 0 Å². The van der Waals surface area contributed by atoms with Gasteiger partial charge in [0.05, 0.1) is 6.42 Å². The van der Waals surface area contributed by atoms with Gasteiger partial charge in [0.1, 0.15) is 5.82 Å². The molecule has 2 rings (SSSR count). The first-order valence-corrected chi connectivity index (χ1v) is 5.92. The molecule has 3 N–H and O–H groups in total. The Morgan fingerprint density at radius 1 is 1.53 bits per heavy atom. The van der Waals surface area contributed by atoms with Gasteiger partial charge >= 0.3 is 0 Å². The zero-order chi connectivity index (χ0) is 12.4. The van der Waals surface area contributed by atoms with Gasteiger partial charge in [0.15, 0.2) is 0 Å². The van der Waals surface area contributed by atoms with Crippen molar-refractivity contribution < 1.29 is 9.18 Å². The molecule has 0 unspecified atom stereocenters. The number of hydrogen-bond donors (Lipinski definition) is 2. The standard InChI is InChI=1S/C12H14ClFN2O/c13-10-2-1-3-11(14)9(10)6-12(17)16-8-4-7(15)5-8/h1-3,7-8H,4-6,15H2,(H,16,17). The van der Waals surface area contributed by atoms with Crippen LogP contribution in [-0.2, 0) is 11.2 Å². The predicted octanol–water partition coefficient (Wildman–Crippen LogP) is 1.63. The first-order valence-electron chi connectivity index (χ1n) is 5.54. The number of hydrogen-bond acceptors (Lipinski definition) is 2. The highest BCUT2D eigenvalue weighted by Gasteiger charge is 2.27. The number of rotatable bonds is 3. The monoisotopic (exact) mass is 256 g/mol. The molecule has 1 aromatic carbocycles. The normalized spacial score (nSPS) is 23.0. The first kappa shape index (κ1) is 12.3. The molecule has 1 amide bonds. The SMILES string of the molecule is NC1CC(NC(=O)Cc2c(F)cccc2Cl)C1. The van der Waals surface area contributed by atoms with E-state index in [9.17, 15) is 9.18 Å². The van der Waals surface area contributed by atoms with Gasteiger partial charge in [0, 0.05) is 22.7 Å². The first-order chi connectivity index (χ1) is 8.06. The Bertz CT molecular complexity index is 412. The third kappa shape index (κ3) is 2.96. The van der Waals surface area contributed by atoms with Crippen LogP contribution < -0.4 is 11.1 Å². The lowest BCUT2D eigenvalue weighted by molar-refractivity contribution is -0.121. The average Bonchev–Trinajstić information content (AvgIpc) is 2.21. The fourth-order valence-electron chi connectivity index (χ4n) is 1.92. The minimum absolute atomic E-state index is 0.0305. The third-order valence-corrected chi connectivity index (χ3v) is 3.29. The van der Waals surface area contributed by atoms with Gasteiger partial charge in [-0.15, -0.1) is 0 Å². The van der Waals surface area contributed by atoms with Crippen LogP contribution in [-0.4, -0.2) is 18.0 Å². The Hall–Kier alpha value is -1.13. The zero-order valence-corrected chi connectivity index (χ0v) is 10.0. The molecular formula is C12H14ClFN2O. The van der Waals surface area contributed by atoms with Crippen molar-refractivity contribution in [3.8, 4) is 0 Å². The summed E-state index contributed by atoms with van der Waals surface area (Å²) in [5.74, 6) is -0.660. The van der Waals surface area contributed by atoms with Crippen LogP contribution in [0.3, 0.4) is 0 Å². The largest absolute Gasteiger partial charge is 0.353 e. The van der Waals surface area contributed by atoms with E-state index in [-0.39, 0.29) is 35.0 Å². The maximum Gasteiger partial charge on any atom is 0.224 e. The molecule has 1 aromatic rings. The molecule has 0 saturated heterocycles. The maximum absolute atomic E-state index is 13.4. The van der Waals surface area contributed by atoms with Gasteiger partial charge in [-0.2, -0.15) is 0 Å². The maximum atomic E-state index is 13.4. The van der Waals surface area contributed by atoms with Crippen LogP contribution in [0.2, 0.25) is 5.02 Å². The number of benzene rings is 1. The summed E-state index contributed by atoms with van der Waals surface area (Å²) in [5, 5.41) is 3.09. The van der Waals surface area contributed by atoms with Gasteiger partial charge in [0.2, 0.25) is 5.91 Å². The zero-order valence-electron chi connectivity index (χ0n) is 9.25. The second-order valence-corrected chi connectivity index (χ2v) is 4.78. The lowest BCUT2D eigenvalue weighted by Gasteiger charge is -2.33. The van der Waals surface area contributed by atoms with Crippen molar-refractivity contribution in [2.24, 2.45) is 5.73 Å². The second kappa shape index (κ2) is 5.02. The number of amides is 1. The molecule has 3 nitrogen and oxygen atoms in total. The van der Waals surface area contributed by atoms with Gasteiger partial charge < -0.3 is 11.1 Å². The van der Waals surface area contributed by atoms with E-state index >= 15 is 0 Å². The Kier molecular flexibility index (Phi) is 3.64. The Balaban J connectivity index is 1.94. The summed E-state index contributed by atoms with van der Waals surface area (Å²) in [6.07, 6.45) is 1.55. The molecule has 0 atom stereocenters. The van der Waals surface area contributed by atoms with Crippen molar-refractivity contribution in [1.82, 2.24) is 5.32 Å². The molecule has 1 saturated carbocycles. The molecule has 5 heteroatoms. The van der Waals surface area contributed by atoms with E-state index in [1.54, 1.807) is 6.07 Å². The van der Waals surface area contributed by atoms with E-state index in [1.807, 2.05) is 0 Å². The molecule has 0 radical (unpaired) electrons. The van der Waals surface area contributed by atoms with Crippen LogP contribution in [0.15, 0.2) is 18.2 Å². The minimum Gasteiger partial charge on any atom is -0.353 e. The number of carbonyl (C=O) groups excluding carboxylic acids is 1. The van der Waals surface area contributed by atoms with Crippen LogP contribution in [0, 0.1) is 5.82 Å². The van der Waals surface area contributed by atoms with E-state index in [1.165, 1.54) is 12.1 Å². The summed E-state index contributed by atoms with van der Waals surface area (Å²) in [4.78, 5) is 11.6. The van der Waals surface area contributed by atoms with E-state index in [4.69, 9.17) is 17.3 Å². The van der Waals surface area contributed by atoms with Crippen molar-refractivity contribution in [2.45, 2.75) is 31.3 Å². The third-order valence-electron chi connectivity index (χ3n) is 2.94. The minimum atomic E-state index is -0.446. The summed E-state index contributed by atoms with van der Waals surface area (Å²) in [6, 6.07) is 4.70. The molecular weight excluding hydrogens is 243 g/mol. The lowest BCUT2D eigenvalue weighted by atomic mass is 9.87. The second-order valence-electron chi connectivity index (χ2n) is 4.37. The number of nitrogens with two attached hydrogens (primary N) is 1. The van der Waals surface area contributed by atoms with Gasteiger partial charge in [-0.05, 0) is 25.0 Å². The molecule has 0 spiro atoms. The summed E-state index contributed by atoms with van der Waals surface area (Å²) in [6.45, 7) is 0. The van der Waals surface area contributed by atoms with E-state index in [2.05, 4.69) is 5.32 Å². The lowest BCUT2D eigenvalue weighted by Crippen LogP contribution is -2.50. The van der Waals surface area contributed by atoms with Gasteiger partial charge in [-0.25, -0.2) is 4.39 Å². The molecule has 1 fully saturated rings. The Morgan fingerprint density at radius 3 is 2.82 bits per heavy atom. The predicted molar refractivity (Wildman–Crippen MR) is 64.3 cm³/mol. The molecule has 17 heavy (non-hydrogen) atoms. The van der Waals surface area contributed by atoms with E-state index in [0.717, 1.165) is 12.8 Å². The number of halogens is 2. The van der Waals surface area contributed by atoms with Gasteiger partial charge in [-0.1, -0.05) is 17.7 Å². The fraction of sp³-hybridized carbons (Fsp3) is 0.417. The highest BCUT2D eigenvalue weighted by atomic mass is 35.5. The van der Waals surface area contributed by atoms with E-state index < -0.39 is 5.82 Å². The van der Waals surface area contributed by atoms with Crippen LogP contribution >= 0.6 is 11.6 Å². The van der Waals surface area contributed by atoms with E-state index in [0.29, 0.717) is 0 Å². The Morgan fingerprint density at radius 2 is 2.24 bits per heavy atom. The van der Waals surface area contributed by atoms with Crippen molar-refractivity contribution >= 4 is 17.5 Å². The number of carbonyl (C=O) groups is 1. The van der Waals surface area contributed by atoms with Crippen LogP contribution in [0.5, 0.6) is 0 Å². The topological polar surface area (TPSA) is 55.1 Å². The molecule has 1 aliphatic carbocycles. The number of nitrogens with one attached hydrogen (secondary N) is 1. The smallest absolute Gasteiger partial charge is 0.224 e. The fourth-order valence-corrected chi connectivity index (χ4v) is 2.15. The summed E-state index contributed by atoms with van der Waals surface area (Å²) < 4.78 is 13.4. The summed E-state index contributed by atoms with van der Waals surface area (Å²) >= 11 is 5.84. The van der Waals surface area contributed by atoms with Gasteiger partial charge in [0.25, 0.3) is 0 Å². The highest BCUT2D eigenvalue weighted by molar-refractivity contribution is 6.31. The van der Waals surface area contributed by atoms with Gasteiger partial charge in [-0.3, -0.25) is 4.79 Å². The van der Waals surface area contributed by atoms with Crippen molar-refractivity contribution in [1.29, 1.82) is 0 Å². The quantitative estimate of drug-likeness (QED) is 0.864. The van der Waals surface area contributed by atoms with Crippen LogP contribution in [0.4, 0.5) is 4.39 Å². The highest BCUT2D eigenvalue weighted by Crippen LogP contribution is 2.21. The molecule has 0 bridgehead atoms. The molecule has 92 valence electrons. The van der Waals surface area contributed by atoms with Crippen molar-refractivity contribution in [3.63, 3.8) is 0 Å². The van der Waals surface area contributed by atoms with Crippen molar-refractivity contribution in [3.05, 3.63) is 34.6 Å². The molecule has 0 aliphatic heterocycles.